The summed E-state index contributed by atoms with van der Waals surface area (Å²) in [7, 11) is 0. The Kier molecular flexibility index (Phi) is 7.00. The van der Waals surface area contributed by atoms with E-state index < -0.39 is 6.04 Å². The van der Waals surface area contributed by atoms with Gasteiger partial charge in [-0.25, -0.2) is 0 Å². The first kappa shape index (κ1) is 23.0. The molecule has 2 aromatic rings. The molecule has 0 aromatic heterocycles. The first-order chi connectivity index (χ1) is 15.3. The van der Waals surface area contributed by atoms with E-state index in [2.05, 4.69) is 5.32 Å². The van der Waals surface area contributed by atoms with Crippen molar-refractivity contribution in [3.8, 4) is 0 Å². The normalized spacial score (nSPS) is 20.8. The van der Waals surface area contributed by atoms with Crippen molar-refractivity contribution >= 4 is 63.7 Å². The number of benzene rings is 2. The quantitative estimate of drug-likeness (QED) is 0.587. The third-order valence-electron chi connectivity index (χ3n) is 5.64. The van der Waals surface area contributed by atoms with E-state index in [-0.39, 0.29) is 24.3 Å². The van der Waals surface area contributed by atoms with Crippen LogP contribution in [0.5, 0.6) is 0 Å². The molecule has 0 radical (unpaired) electrons. The summed E-state index contributed by atoms with van der Waals surface area (Å²) in [5.74, 6) is -0.610. The van der Waals surface area contributed by atoms with Gasteiger partial charge in [0.25, 0.3) is 5.91 Å². The van der Waals surface area contributed by atoms with Crippen LogP contribution in [0.15, 0.2) is 42.5 Å². The first-order valence-corrected chi connectivity index (χ1v) is 11.6. The van der Waals surface area contributed by atoms with Crippen molar-refractivity contribution < 1.29 is 14.3 Å². The van der Waals surface area contributed by atoms with Crippen LogP contribution in [0, 0.1) is 6.92 Å². The number of ether oxygens (including phenoxy) is 1. The van der Waals surface area contributed by atoms with Crippen LogP contribution in [0.2, 0.25) is 10.0 Å². The second-order valence-corrected chi connectivity index (χ2v) is 9.12. The zero-order valence-corrected chi connectivity index (χ0v) is 19.8. The Morgan fingerprint density at radius 2 is 1.88 bits per heavy atom. The average Bonchev–Trinajstić information content (AvgIpc) is 3.35. The number of thiocarbonyl (C=S) groups is 1. The van der Waals surface area contributed by atoms with Crippen molar-refractivity contribution in [3.63, 3.8) is 0 Å². The number of rotatable bonds is 6. The molecule has 2 atom stereocenters. The minimum absolute atomic E-state index is 0.0257. The van der Waals surface area contributed by atoms with Gasteiger partial charge in [0.05, 0.1) is 33.9 Å². The van der Waals surface area contributed by atoms with Crippen LogP contribution < -0.4 is 10.2 Å². The smallest absolute Gasteiger partial charge is 0.256 e. The molecule has 2 aliphatic heterocycles. The number of nitrogens with one attached hydrogen (secondary N) is 1. The van der Waals surface area contributed by atoms with Crippen molar-refractivity contribution in [3.05, 3.63) is 58.1 Å². The lowest BCUT2D eigenvalue weighted by Gasteiger charge is -2.26. The summed E-state index contributed by atoms with van der Waals surface area (Å²) in [5.41, 5.74) is 2.09. The summed E-state index contributed by atoms with van der Waals surface area (Å²) < 4.78 is 5.77. The van der Waals surface area contributed by atoms with Gasteiger partial charge in [0.15, 0.2) is 5.11 Å². The Bertz CT molecular complexity index is 1020. The number of carbonyl (C=O) groups is 2. The number of amides is 2. The molecule has 2 heterocycles. The van der Waals surface area contributed by atoms with E-state index in [1.54, 1.807) is 23.1 Å². The first-order valence-electron chi connectivity index (χ1n) is 10.4. The Morgan fingerprint density at radius 3 is 2.50 bits per heavy atom. The van der Waals surface area contributed by atoms with E-state index in [0.717, 1.165) is 18.4 Å². The fourth-order valence-electron chi connectivity index (χ4n) is 3.96. The highest BCUT2D eigenvalue weighted by molar-refractivity contribution is 7.80. The maximum atomic E-state index is 13.4. The lowest BCUT2D eigenvalue weighted by Crippen LogP contribution is -2.42. The molecular weight excluding hydrogens is 469 g/mol. The van der Waals surface area contributed by atoms with E-state index in [4.69, 9.17) is 40.2 Å². The summed E-state index contributed by atoms with van der Waals surface area (Å²) >= 11 is 18.0. The molecule has 0 spiro atoms. The number of nitrogens with zero attached hydrogens (tertiary/aromatic N) is 2. The summed E-state index contributed by atoms with van der Waals surface area (Å²) in [6.07, 6.45) is 1.75. The molecular formula is C23H23Cl2N3O3S. The van der Waals surface area contributed by atoms with Gasteiger partial charge < -0.3 is 15.0 Å². The molecule has 0 bridgehead atoms. The number of para-hydroxylation sites is 1. The topological polar surface area (TPSA) is 61.9 Å². The van der Waals surface area contributed by atoms with Gasteiger partial charge in [-0.1, -0.05) is 47.0 Å². The Balaban J connectivity index is 1.57. The van der Waals surface area contributed by atoms with Crippen LogP contribution in [0.3, 0.4) is 0 Å². The lowest BCUT2D eigenvalue weighted by atomic mass is 10.1. The highest BCUT2D eigenvalue weighted by atomic mass is 35.5. The summed E-state index contributed by atoms with van der Waals surface area (Å²) in [6, 6.07) is 11.8. The Labute approximate surface area is 202 Å². The van der Waals surface area contributed by atoms with Gasteiger partial charge in [0.2, 0.25) is 5.91 Å². The highest BCUT2D eigenvalue weighted by Crippen LogP contribution is 2.32. The number of anilines is 2. The van der Waals surface area contributed by atoms with Gasteiger partial charge in [-0.05, 0) is 56.2 Å². The van der Waals surface area contributed by atoms with Crippen molar-refractivity contribution in [2.45, 2.75) is 38.3 Å². The molecule has 2 aromatic carbocycles. The zero-order chi connectivity index (χ0) is 22.8. The van der Waals surface area contributed by atoms with Gasteiger partial charge in [-0.3, -0.25) is 14.5 Å². The van der Waals surface area contributed by atoms with Gasteiger partial charge in [0, 0.05) is 13.2 Å². The van der Waals surface area contributed by atoms with Crippen LogP contribution in [0.4, 0.5) is 11.4 Å². The Hall–Kier alpha value is -2.19. The minimum atomic E-state index is -0.741. The van der Waals surface area contributed by atoms with Crippen LogP contribution in [-0.2, 0) is 14.3 Å². The van der Waals surface area contributed by atoms with Gasteiger partial charge in [0.1, 0.15) is 6.04 Å². The standard InChI is InChI=1S/C23H23Cl2N3O3S/c1-14-7-9-15(10-8-14)28-22(30)19(27(23(28)32)13-16-4-3-11-31-16)12-20(29)26-21-17(24)5-2-6-18(21)25/h2,5-10,16,19H,3-4,11-13H2,1H3,(H,26,29)/t16-,19+/m0/s1. The SMILES string of the molecule is Cc1ccc(N2C(=O)[C@@H](CC(=O)Nc3c(Cl)cccc3Cl)N(C[C@@H]3CCCO3)C2=S)cc1. The maximum absolute atomic E-state index is 13.4. The molecule has 2 aliphatic rings. The van der Waals surface area contributed by atoms with Crippen molar-refractivity contribution in [2.75, 3.05) is 23.4 Å². The fourth-order valence-corrected chi connectivity index (χ4v) is 4.85. The summed E-state index contributed by atoms with van der Waals surface area (Å²) in [5, 5.41) is 3.78. The van der Waals surface area contributed by atoms with Crippen LogP contribution in [0.1, 0.15) is 24.8 Å². The predicted octanol–water partition coefficient (Wildman–Crippen LogP) is 4.81. The van der Waals surface area contributed by atoms with Crippen molar-refractivity contribution in [1.82, 2.24) is 4.90 Å². The van der Waals surface area contributed by atoms with E-state index in [9.17, 15) is 9.59 Å². The minimum Gasteiger partial charge on any atom is -0.376 e. The number of hydrogen-bond acceptors (Lipinski definition) is 4. The average molecular weight is 492 g/mol. The molecule has 6 nitrogen and oxygen atoms in total. The van der Waals surface area contributed by atoms with Gasteiger partial charge >= 0.3 is 0 Å². The van der Waals surface area contributed by atoms with Gasteiger partial charge in [-0.15, -0.1) is 0 Å². The number of hydrogen-bond donors (Lipinski definition) is 1. The van der Waals surface area contributed by atoms with Crippen molar-refractivity contribution in [2.24, 2.45) is 0 Å². The third-order valence-corrected chi connectivity index (χ3v) is 6.69. The fraction of sp³-hybridized carbons (Fsp3) is 0.348. The molecule has 4 rings (SSSR count). The molecule has 2 amide bonds. The second-order valence-electron chi connectivity index (χ2n) is 7.94. The molecule has 32 heavy (non-hydrogen) atoms. The van der Waals surface area contributed by atoms with E-state index in [0.29, 0.717) is 39.7 Å². The van der Waals surface area contributed by atoms with E-state index in [1.165, 1.54) is 4.90 Å². The molecule has 0 unspecified atom stereocenters. The number of aryl methyl sites for hydroxylation is 1. The van der Waals surface area contributed by atoms with Crippen molar-refractivity contribution in [1.29, 1.82) is 0 Å². The molecule has 2 fully saturated rings. The van der Waals surface area contributed by atoms with Crippen LogP contribution in [-0.4, -0.2) is 47.1 Å². The second kappa shape index (κ2) is 9.75. The molecule has 168 valence electrons. The van der Waals surface area contributed by atoms with E-state index in [1.807, 2.05) is 31.2 Å². The highest BCUT2D eigenvalue weighted by Gasteiger charge is 2.45. The van der Waals surface area contributed by atoms with Crippen LogP contribution >= 0.6 is 35.4 Å². The molecule has 1 N–H and O–H groups in total. The van der Waals surface area contributed by atoms with Crippen LogP contribution in [0.25, 0.3) is 0 Å². The largest absolute Gasteiger partial charge is 0.376 e. The number of halogens is 2. The predicted molar refractivity (Wildman–Crippen MR) is 130 cm³/mol. The van der Waals surface area contributed by atoms with E-state index >= 15 is 0 Å². The third kappa shape index (κ3) is 4.76. The number of carbonyl (C=O) groups excluding carboxylic acids is 2. The summed E-state index contributed by atoms with van der Waals surface area (Å²) in [4.78, 5) is 29.6. The molecule has 0 saturated carbocycles. The zero-order valence-electron chi connectivity index (χ0n) is 17.5. The monoisotopic (exact) mass is 491 g/mol. The molecule has 9 heteroatoms. The maximum Gasteiger partial charge on any atom is 0.256 e. The Morgan fingerprint density at radius 1 is 1.19 bits per heavy atom. The molecule has 2 saturated heterocycles. The lowest BCUT2D eigenvalue weighted by molar-refractivity contribution is -0.124. The molecule has 0 aliphatic carbocycles. The summed E-state index contributed by atoms with van der Waals surface area (Å²) in [6.45, 7) is 3.12. The van der Waals surface area contributed by atoms with Gasteiger partial charge in [-0.2, -0.15) is 0 Å².